The lowest BCUT2D eigenvalue weighted by Gasteiger charge is -2.29. The van der Waals surface area contributed by atoms with Crippen molar-refractivity contribution in [3.05, 3.63) is 296 Å². The van der Waals surface area contributed by atoms with E-state index in [0.717, 1.165) is 34.7 Å². The van der Waals surface area contributed by atoms with Crippen molar-refractivity contribution in [1.82, 2.24) is 4.57 Å². The zero-order chi connectivity index (χ0) is 47.8. The normalized spacial score (nSPS) is 13.4. The number of para-hydroxylation sites is 1. The fraction of sp³-hybridized carbons (Fsp3) is 0.0286. The fourth-order valence-corrected chi connectivity index (χ4v) is 10.8. The van der Waals surface area contributed by atoms with Crippen LogP contribution < -0.4 is 4.90 Å². The van der Waals surface area contributed by atoms with Crippen molar-refractivity contribution >= 4 is 44.0 Å². The molecule has 0 radical (unpaired) electrons. The van der Waals surface area contributed by atoms with Crippen LogP contribution in [0.15, 0.2) is 291 Å². The summed E-state index contributed by atoms with van der Waals surface area (Å²) in [7, 11) is 0. The Bertz CT molecular complexity index is 3880. The zero-order valence-corrected chi connectivity index (χ0v) is 39.8. The molecule has 2 nitrogen and oxygen atoms in total. The molecule has 0 aliphatic heterocycles. The number of benzene rings is 11. The number of allylic oxidation sites excluding steroid dienone is 3. The fourth-order valence-electron chi connectivity index (χ4n) is 10.8. The van der Waals surface area contributed by atoms with Gasteiger partial charge in [0.1, 0.15) is 0 Å². The Morgan fingerprint density at radius 2 is 0.819 bits per heavy atom. The van der Waals surface area contributed by atoms with Crippen molar-refractivity contribution in [2.75, 3.05) is 4.90 Å². The van der Waals surface area contributed by atoms with E-state index >= 15 is 0 Å². The second-order valence-electron chi connectivity index (χ2n) is 18.9. The molecule has 11 aromatic carbocycles. The number of hydrogen-bond acceptors (Lipinski definition) is 1. The van der Waals surface area contributed by atoms with Gasteiger partial charge < -0.3 is 9.47 Å². The third kappa shape index (κ3) is 8.09. The van der Waals surface area contributed by atoms with Crippen molar-refractivity contribution < 1.29 is 0 Å². The lowest BCUT2D eigenvalue weighted by atomic mass is 9.90. The van der Waals surface area contributed by atoms with Crippen LogP contribution in [0.4, 0.5) is 11.4 Å². The molecular formula is C70H50N2. The first kappa shape index (κ1) is 42.8. The minimum atomic E-state index is 0.298. The summed E-state index contributed by atoms with van der Waals surface area (Å²) in [5.74, 6) is 0.298. The first-order valence-corrected chi connectivity index (χ1v) is 25.0. The summed E-state index contributed by atoms with van der Waals surface area (Å²) >= 11 is 0. The van der Waals surface area contributed by atoms with E-state index in [9.17, 15) is 0 Å². The lowest BCUT2D eigenvalue weighted by Crippen LogP contribution is -2.17. The average molecular weight is 919 g/mol. The summed E-state index contributed by atoms with van der Waals surface area (Å²) in [4.78, 5) is 2.41. The van der Waals surface area contributed by atoms with E-state index in [1.165, 1.54) is 88.2 Å². The van der Waals surface area contributed by atoms with Crippen LogP contribution in [0.1, 0.15) is 17.9 Å². The van der Waals surface area contributed by atoms with Crippen LogP contribution in [0.25, 0.3) is 93.9 Å². The second kappa shape index (κ2) is 18.6. The molecule has 72 heavy (non-hydrogen) atoms. The van der Waals surface area contributed by atoms with Crippen LogP contribution in [-0.2, 0) is 0 Å². The van der Waals surface area contributed by atoms with Gasteiger partial charge in [0.2, 0.25) is 0 Å². The Morgan fingerprint density at radius 1 is 0.347 bits per heavy atom. The van der Waals surface area contributed by atoms with Crippen molar-refractivity contribution in [2.45, 2.75) is 12.3 Å². The number of nitrogens with zero attached hydrogens (tertiary/aromatic N) is 2. The molecule has 0 spiro atoms. The molecule has 13 rings (SSSR count). The van der Waals surface area contributed by atoms with Gasteiger partial charge in [-0.3, -0.25) is 0 Å². The van der Waals surface area contributed by atoms with Gasteiger partial charge in [0.05, 0.1) is 16.7 Å². The summed E-state index contributed by atoms with van der Waals surface area (Å²) < 4.78 is 2.49. The molecule has 0 N–H and O–H groups in total. The molecule has 0 amide bonds. The Balaban J connectivity index is 0.897. The lowest BCUT2D eigenvalue weighted by molar-refractivity contribution is 0.841. The van der Waals surface area contributed by atoms with Crippen LogP contribution >= 0.6 is 0 Å². The maximum Gasteiger partial charge on any atom is 0.0547 e. The van der Waals surface area contributed by atoms with Gasteiger partial charge in [-0.15, -0.1) is 0 Å². The Morgan fingerprint density at radius 3 is 1.39 bits per heavy atom. The highest BCUT2D eigenvalue weighted by atomic mass is 15.1. The van der Waals surface area contributed by atoms with Gasteiger partial charge in [-0.25, -0.2) is 0 Å². The van der Waals surface area contributed by atoms with E-state index < -0.39 is 0 Å². The predicted molar refractivity (Wildman–Crippen MR) is 305 cm³/mol. The molecule has 2 heteroatoms. The number of aromatic nitrogens is 1. The molecular weight excluding hydrogens is 869 g/mol. The highest BCUT2D eigenvalue weighted by molar-refractivity contribution is 6.11. The van der Waals surface area contributed by atoms with Gasteiger partial charge in [-0.2, -0.15) is 0 Å². The van der Waals surface area contributed by atoms with Crippen LogP contribution in [0.3, 0.4) is 0 Å². The molecule has 0 saturated heterocycles. The summed E-state index contributed by atoms with van der Waals surface area (Å²) in [6, 6.07) is 97.4. The number of rotatable bonds is 10. The molecule has 1 aromatic heterocycles. The maximum absolute atomic E-state index is 2.49. The van der Waals surface area contributed by atoms with E-state index in [1.807, 2.05) is 0 Å². The van der Waals surface area contributed by atoms with Crippen LogP contribution in [-0.4, -0.2) is 4.57 Å². The Hall–Kier alpha value is -9.24. The smallest absolute Gasteiger partial charge is 0.0547 e. The highest BCUT2D eigenvalue weighted by Crippen LogP contribution is 2.42. The van der Waals surface area contributed by atoms with Gasteiger partial charge in [-0.1, -0.05) is 231 Å². The maximum atomic E-state index is 2.49. The number of hydrogen-bond donors (Lipinski definition) is 0. The third-order valence-corrected chi connectivity index (χ3v) is 14.5. The molecule has 0 bridgehead atoms. The molecule has 1 unspecified atom stereocenters. The summed E-state index contributed by atoms with van der Waals surface area (Å²) in [6.45, 7) is 0. The van der Waals surface area contributed by atoms with Crippen LogP contribution in [0.5, 0.6) is 0 Å². The molecule has 340 valence electrons. The van der Waals surface area contributed by atoms with Crippen molar-refractivity contribution in [1.29, 1.82) is 0 Å². The highest BCUT2D eigenvalue weighted by Gasteiger charge is 2.21. The van der Waals surface area contributed by atoms with Crippen LogP contribution in [0.2, 0.25) is 0 Å². The molecule has 0 saturated carbocycles. The quantitative estimate of drug-likeness (QED) is 0.133. The van der Waals surface area contributed by atoms with Gasteiger partial charge >= 0.3 is 0 Å². The molecule has 1 atom stereocenters. The summed E-state index contributed by atoms with van der Waals surface area (Å²) in [5.41, 5.74) is 20.1. The first-order valence-electron chi connectivity index (χ1n) is 25.0. The van der Waals surface area contributed by atoms with E-state index in [2.05, 4.69) is 295 Å². The minimum absolute atomic E-state index is 0.298. The average Bonchev–Trinajstić information content (AvgIpc) is 3.79. The SMILES string of the molecule is C1=CC(c2ccc3ccccc3c2)CC=C1N(c1ccc(-c2cccc(-c3ccccc3)c2)cc1)c1ccc(-c2ccccc2-n2c3cc(-c4ccccc4)ccc3c3ccc(-c4ccccc4)cc32)cc1. The predicted octanol–water partition coefficient (Wildman–Crippen LogP) is 19.0. The largest absolute Gasteiger partial charge is 0.311 e. The summed E-state index contributed by atoms with van der Waals surface area (Å²) in [6.07, 6.45) is 8.03. The number of anilines is 2. The topological polar surface area (TPSA) is 8.17 Å². The molecule has 1 heterocycles. The van der Waals surface area contributed by atoms with E-state index in [0.29, 0.717) is 5.92 Å². The Kier molecular flexibility index (Phi) is 11.1. The van der Waals surface area contributed by atoms with Gasteiger partial charge in [0.15, 0.2) is 0 Å². The molecule has 0 fully saturated rings. The first-order chi connectivity index (χ1) is 35.7. The molecule has 1 aliphatic carbocycles. The third-order valence-electron chi connectivity index (χ3n) is 14.5. The van der Waals surface area contributed by atoms with Crippen LogP contribution in [0, 0.1) is 0 Å². The number of fused-ring (bicyclic) bond motifs is 4. The zero-order valence-electron chi connectivity index (χ0n) is 39.8. The van der Waals surface area contributed by atoms with Crippen molar-refractivity contribution in [3.8, 4) is 61.3 Å². The minimum Gasteiger partial charge on any atom is -0.311 e. The van der Waals surface area contributed by atoms with Gasteiger partial charge in [0, 0.05) is 39.3 Å². The van der Waals surface area contributed by atoms with E-state index in [4.69, 9.17) is 0 Å². The van der Waals surface area contributed by atoms with E-state index in [-0.39, 0.29) is 0 Å². The Labute approximate surface area is 421 Å². The van der Waals surface area contributed by atoms with Crippen molar-refractivity contribution in [2.24, 2.45) is 0 Å². The van der Waals surface area contributed by atoms with Crippen molar-refractivity contribution in [3.63, 3.8) is 0 Å². The standard InChI is InChI=1S/C70H50N2/c1-4-15-49(16-5-1)57-23-14-24-58(45-57)53-29-37-62(38-30-53)71(63-39-31-54(32-40-63)59-28-27-52-21-10-11-22-56(52)46-59)64-41-33-55(34-42-64)65-25-12-13-26-68(65)72-69-47-60(50-17-6-2-7-18-50)35-43-66(69)67-44-36-61(48-70(67)72)51-19-8-3-9-20-51/h1-31,33-48,54H,32H2. The molecule has 1 aliphatic rings. The van der Waals surface area contributed by atoms with Gasteiger partial charge in [-0.05, 0) is 127 Å². The second-order valence-corrected chi connectivity index (χ2v) is 18.9. The monoisotopic (exact) mass is 918 g/mol. The summed E-state index contributed by atoms with van der Waals surface area (Å²) in [5, 5.41) is 5.02. The molecule has 12 aromatic rings. The van der Waals surface area contributed by atoms with Gasteiger partial charge in [0.25, 0.3) is 0 Å². The van der Waals surface area contributed by atoms with E-state index in [1.54, 1.807) is 0 Å².